The Kier molecular flexibility index (Phi) is 12.4. The number of aromatic nitrogens is 1. The molecule has 2 saturated heterocycles. The number of hydrogen-bond acceptors (Lipinski definition) is 12. The maximum Gasteiger partial charge on any atom is 0.408 e. The number of nitrogens with zero attached hydrogens (tertiary/aromatic N) is 3. The second-order valence-electron chi connectivity index (χ2n) is 20.2. The number of methoxy groups -OCH3 is 1. The number of rotatable bonds is 10. The Hall–Kier alpha value is -5.42. The summed E-state index contributed by atoms with van der Waals surface area (Å²) in [4.78, 5) is 66.5. The number of hydrogen-bond donors (Lipinski definition) is 3. The van der Waals surface area contributed by atoms with Gasteiger partial charge in [-0.05, 0) is 123 Å². The molecule has 7 aliphatic rings. The summed E-state index contributed by atoms with van der Waals surface area (Å²) in [5.41, 5.74) is 1.06. The van der Waals surface area contributed by atoms with Crippen LogP contribution in [-0.2, 0) is 33.9 Å². The average molecular weight is 939 g/mol. The number of carbonyl (C=O) groups is 4. The molecule has 2 aromatic carbocycles. The van der Waals surface area contributed by atoms with E-state index in [0.29, 0.717) is 73.4 Å². The summed E-state index contributed by atoms with van der Waals surface area (Å²) in [5, 5.41) is 6.77. The van der Waals surface area contributed by atoms with Gasteiger partial charge in [0, 0.05) is 42.1 Å². The van der Waals surface area contributed by atoms with Gasteiger partial charge in [-0.2, -0.15) is 0 Å². The highest BCUT2D eigenvalue weighted by Gasteiger charge is 2.62. The summed E-state index contributed by atoms with van der Waals surface area (Å²) in [5.74, 6) is -0.378. The summed E-state index contributed by atoms with van der Waals surface area (Å²) in [7, 11) is -2.32. The number of amides is 4. The Morgan fingerprint density at radius 2 is 1.69 bits per heavy atom. The number of pyridine rings is 1. The molecule has 6 fully saturated rings. The summed E-state index contributed by atoms with van der Waals surface area (Å²) >= 11 is 0. The molecule has 3 aromatic rings. The molecule has 3 aliphatic heterocycles. The SMILES string of the molecule is COc1ccc2c(O[C@@H]3C[C@H]4C(=O)N[C@]5(C(=O)NS(=O)(=O)C6CC6)CC5/C=C\CC[C@@H](C)C[C@@H](C)[C@H](NC(=O)O[C@@H]5C[C@@H]6C[C@@H]6C5)C(=O)N4C3)nc(-c3ccc(N4CCOCC4)cc3)cc2c1. The monoisotopic (exact) mass is 938 g/mol. The van der Waals surface area contributed by atoms with Crippen molar-refractivity contribution >= 4 is 50.3 Å². The quantitative estimate of drug-likeness (QED) is 0.217. The summed E-state index contributed by atoms with van der Waals surface area (Å²) in [6.45, 7) is 6.97. The lowest BCUT2D eigenvalue weighted by molar-refractivity contribution is -0.142. The Balaban J connectivity index is 0.973. The summed E-state index contributed by atoms with van der Waals surface area (Å²) in [6.07, 6.45) is 8.29. The first-order valence-corrected chi connectivity index (χ1v) is 25.7. The Morgan fingerprint density at radius 1 is 0.925 bits per heavy atom. The van der Waals surface area contributed by atoms with Crippen molar-refractivity contribution in [1.82, 2.24) is 25.2 Å². The van der Waals surface area contributed by atoms with Gasteiger partial charge >= 0.3 is 6.09 Å². The molecule has 0 bridgehead atoms. The molecule has 16 nitrogen and oxygen atoms in total. The van der Waals surface area contributed by atoms with E-state index in [2.05, 4.69) is 39.3 Å². The highest BCUT2D eigenvalue weighted by atomic mass is 32.2. The molecule has 10 rings (SSSR count). The fourth-order valence-corrected chi connectivity index (χ4v) is 12.3. The van der Waals surface area contributed by atoms with E-state index in [9.17, 15) is 22.8 Å². The Bertz CT molecular complexity index is 2540. The van der Waals surface area contributed by atoms with Crippen LogP contribution >= 0.6 is 0 Å². The number of allylic oxidation sites excluding steroid dienone is 1. The van der Waals surface area contributed by atoms with E-state index in [1.165, 1.54) is 11.3 Å². The topological polar surface area (TPSA) is 195 Å². The Morgan fingerprint density at radius 3 is 2.42 bits per heavy atom. The van der Waals surface area contributed by atoms with Crippen LogP contribution in [0, 0.1) is 29.6 Å². The van der Waals surface area contributed by atoms with Crippen LogP contribution < -0.4 is 29.7 Å². The normalized spacial score (nSPS) is 32.4. The van der Waals surface area contributed by atoms with Gasteiger partial charge in [-0.15, -0.1) is 0 Å². The molecule has 0 radical (unpaired) electrons. The van der Waals surface area contributed by atoms with Gasteiger partial charge in [0.1, 0.15) is 35.6 Å². The molecule has 358 valence electrons. The number of fused-ring (bicyclic) bond motifs is 4. The number of carbonyl (C=O) groups excluding carboxylic acids is 4. The molecular formula is C50H62N6O10S. The van der Waals surface area contributed by atoms with Crippen LogP contribution in [0.1, 0.15) is 78.1 Å². The van der Waals surface area contributed by atoms with Crippen LogP contribution in [0.4, 0.5) is 10.5 Å². The highest BCUT2D eigenvalue weighted by molar-refractivity contribution is 7.91. The van der Waals surface area contributed by atoms with Crippen LogP contribution in [0.2, 0.25) is 0 Å². The van der Waals surface area contributed by atoms with Crippen molar-refractivity contribution < 1.29 is 46.5 Å². The van der Waals surface area contributed by atoms with E-state index in [4.69, 9.17) is 23.9 Å². The second kappa shape index (κ2) is 18.2. The molecule has 67 heavy (non-hydrogen) atoms. The van der Waals surface area contributed by atoms with Gasteiger partial charge in [0.05, 0.1) is 37.8 Å². The predicted octanol–water partition coefficient (Wildman–Crippen LogP) is 5.48. The molecule has 4 aliphatic carbocycles. The predicted molar refractivity (Wildman–Crippen MR) is 250 cm³/mol. The summed E-state index contributed by atoms with van der Waals surface area (Å²) < 4.78 is 52.3. The Labute approximate surface area is 391 Å². The van der Waals surface area contributed by atoms with Crippen molar-refractivity contribution in [2.24, 2.45) is 29.6 Å². The van der Waals surface area contributed by atoms with E-state index in [1.807, 2.05) is 55.5 Å². The van der Waals surface area contributed by atoms with Crippen LogP contribution in [0.25, 0.3) is 22.0 Å². The third-order valence-corrected chi connectivity index (χ3v) is 17.0. The number of sulfonamides is 1. The van der Waals surface area contributed by atoms with Crippen molar-refractivity contribution in [3.8, 4) is 22.9 Å². The molecule has 1 unspecified atom stereocenters. The maximum atomic E-state index is 15.2. The molecule has 17 heteroatoms. The van der Waals surface area contributed by atoms with E-state index in [0.717, 1.165) is 49.0 Å². The molecule has 0 spiro atoms. The van der Waals surface area contributed by atoms with Gasteiger partial charge in [0.15, 0.2) is 0 Å². The zero-order valence-corrected chi connectivity index (χ0v) is 39.3. The molecular weight excluding hydrogens is 877 g/mol. The van der Waals surface area contributed by atoms with Gasteiger partial charge in [0.25, 0.3) is 5.91 Å². The van der Waals surface area contributed by atoms with E-state index in [1.54, 1.807) is 7.11 Å². The van der Waals surface area contributed by atoms with E-state index >= 15 is 4.79 Å². The lowest BCUT2D eigenvalue weighted by Crippen LogP contribution is -2.59. The third-order valence-electron chi connectivity index (χ3n) is 15.2. The molecule has 4 saturated carbocycles. The smallest absolute Gasteiger partial charge is 0.408 e. The van der Waals surface area contributed by atoms with Gasteiger partial charge in [-0.25, -0.2) is 18.2 Å². The third kappa shape index (κ3) is 9.68. The largest absolute Gasteiger partial charge is 0.497 e. The van der Waals surface area contributed by atoms with E-state index < -0.39 is 68.7 Å². The van der Waals surface area contributed by atoms with Crippen LogP contribution in [-0.4, -0.2) is 117 Å². The van der Waals surface area contributed by atoms with Gasteiger partial charge in [-0.1, -0.05) is 38.1 Å². The van der Waals surface area contributed by atoms with E-state index in [-0.39, 0.29) is 37.3 Å². The fraction of sp³-hybridized carbons (Fsp3) is 0.580. The van der Waals surface area contributed by atoms with Crippen molar-refractivity contribution in [2.45, 2.75) is 113 Å². The lowest BCUT2D eigenvalue weighted by atomic mass is 9.88. The number of benzene rings is 2. The minimum absolute atomic E-state index is 0.0285. The zero-order valence-electron chi connectivity index (χ0n) is 38.5. The highest BCUT2D eigenvalue weighted by Crippen LogP contribution is 2.52. The van der Waals surface area contributed by atoms with Gasteiger partial charge in [-0.3, -0.25) is 19.1 Å². The summed E-state index contributed by atoms with van der Waals surface area (Å²) in [6, 6.07) is 13.6. The number of alkyl carbamates (subject to hydrolysis) is 1. The molecule has 4 amide bonds. The van der Waals surface area contributed by atoms with Gasteiger partial charge in [0.2, 0.25) is 27.7 Å². The molecule has 1 aromatic heterocycles. The van der Waals surface area contributed by atoms with Crippen molar-refractivity contribution in [3.63, 3.8) is 0 Å². The maximum absolute atomic E-state index is 15.2. The van der Waals surface area contributed by atoms with Crippen molar-refractivity contribution in [3.05, 3.63) is 60.7 Å². The first-order valence-electron chi connectivity index (χ1n) is 24.2. The van der Waals surface area contributed by atoms with Crippen LogP contribution in [0.15, 0.2) is 60.7 Å². The number of anilines is 1. The standard InChI is InChI=1S/C50H62N6O10S/c1-29-6-4-5-7-35-27-50(35,48(59)54-67(61,62)40-13-14-40)53-45(57)43-26-39(28-56(43)47(58)44(30(2)20-29)52-49(60)66-38-22-32-21-33(32)23-38)65-46-41-15-12-37(63-3)24-34(41)25-42(51-46)31-8-10-36(11-9-31)55-16-18-64-19-17-55/h5,7-12,15,24-25,29-30,32-33,35,38-40,43-44H,4,6,13-14,16-23,26-28H2,1-3H3,(H,52,60)(H,53,57)(H,54,59)/b7-5-/t29-,30-,32-,33+,35?,38+,39-,43+,44+,50-/m1/s1. The average Bonchev–Trinajstić information content (AvgIpc) is 4.28. The first-order chi connectivity index (χ1) is 32.3. The fourth-order valence-electron chi connectivity index (χ4n) is 11.0. The van der Waals surface area contributed by atoms with Crippen LogP contribution in [0.5, 0.6) is 11.6 Å². The minimum Gasteiger partial charge on any atom is -0.497 e. The second-order valence-corrected chi connectivity index (χ2v) is 22.1. The van der Waals surface area contributed by atoms with Crippen molar-refractivity contribution in [2.75, 3.05) is 44.9 Å². The van der Waals surface area contributed by atoms with Crippen molar-refractivity contribution in [1.29, 1.82) is 0 Å². The molecule has 10 atom stereocenters. The number of morpholine rings is 1. The van der Waals surface area contributed by atoms with Crippen LogP contribution in [0.3, 0.4) is 0 Å². The first kappa shape index (κ1) is 45.4. The zero-order chi connectivity index (χ0) is 46.6. The number of ether oxygens (including phenoxy) is 4. The molecule has 3 N–H and O–H groups in total. The minimum atomic E-state index is -3.93. The molecule has 4 heterocycles. The number of nitrogens with one attached hydrogen (secondary N) is 3. The lowest BCUT2D eigenvalue weighted by Gasteiger charge is -2.33. The van der Waals surface area contributed by atoms with Gasteiger partial charge < -0.3 is 39.4 Å².